The number of ether oxygens (including phenoxy) is 3. The van der Waals surface area contributed by atoms with Crippen LogP contribution in [0, 0.1) is 0 Å². The van der Waals surface area contributed by atoms with Crippen molar-refractivity contribution >= 4 is 50.5 Å². The van der Waals surface area contributed by atoms with E-state index in [1.807, 2.05) is 0 Å². The summed E-state index contributed by atoms with van der Waals surface area (Å²) in [5.74, 6) is 0.905. The molecule has 8 nitrogen and oxygen atoms in total. The fraction of sp³-hybridized carbons (Fsp3) is 0.136. The number of methoxy groups -OCH3 is 2. The molecule has 0 saturated heterocycles. The van der Waals surface area contributed by atoms with Crippen molar-refractivity contribution in [3.05, 3.63) is 70.7 Å². The summed E-state index contributed by atoms with van der Waals surface area (Å²) in [5.41, 5.74) is 0.703. The highest BCUT2D eigenvalue weighted by Gasteiger charge is 2.15. The molecule has 0 aromatic heterocycles. The first-order valence-corrected chi connectivity index (χ1v) is 11.7. The van der Waals surface area contributed by atoms with E-state index in [-0.39, 0.29) is 22.2 Å². The van der Waals surface area contributed by atoms with E-state index in [1.165, 1.54) is 56.7 Å². The van der Waals surface area contributed by atoms with Crippen molar-refractivity contribution in [3.63, 3.8) is 0 Å². The molecule has 0 saturated carbocycles. The first-order chi connectivity index (χ1) is 15.7. The Balaban J connectivity index is 1.61. The van der Waals surface area contributed by atoms with Crippen LogP contribution in [0.3, 0.4) is 0 Å². The van der Waals surface area contributed by atoms with Gasteiger partial charge in [0.2, 0.25) is 0 Å². The number of benzene rings is 3. The number of hydrogen-bond donors (Lipinski definition) is 2. The molecule has 3 aromatic carbocycles. The van der Waals surface area contributed by atoms with Crippen LogP contribution in [-0.4, -0.2) is 35.2 Å². The van der Waals surface area contributed by atoms with Crippen molar-refractivity contribution in [1.82, 2.24) is 0 Å². The molecule has 11 heteroatoms. The Morgan fingerprint density at radius 2 is 1.58 bits per heavy atom. The Morgan fingerprint density at radius 1 is 0.879 bits per heavy atom. The summed E-state index contributed by atoms with van der Waals surface area (Å²) in [6.07, 6.45) is 0. The third kappa shape index (κ3) is 6.44. The smallest absolute Gasteiger partial charge is 0.262 e. The van der Waals surface area contributed by atoms with Gasteiger partial charge in [-0.25, -0.2) is 8.42 Å². The summed E-state index contributed by atoms with van der Waals surface area (Å²) < 4.78 is 43.4. The maximum absolute atomic E-state index is 12.6. The second-order valence-electron chi connectivity index (χ2n) is 6.61. The molecule has 0 bridgehead atoms. The minimum Gasteiger partial charge on any atom is -0.497 e. The maximum atomic E-state index is 12.6. The monoisotopic (exact) mass is 510 g/mol. The topological polar surface area (TPSA) is 103 Å². The van der Waals surface area contributed by atoms with Gasteiger partial charge >= 0.3 is 0 Å². The summed E-state index contributed by atoms with van der Waals surface area (Å²) in [4.78, 5) is 12.3. The third-order valence-electron chi connectivity index (χ3n) is 4.36. The molecule has 0 fully saturated rings. The normalized spacial score (nSPS) is 10.9. The van der Waals surface area contributed by atoms with Crippen molar-refractivity contribution in [2.45, 2.75) is 4.90 Å². The van der Waals surface area contributed by atoms with Crippen LogP contribution in [0.4, 0.5) is 11.4 Å². The highest BCUT2D eigenvalue weighted by Crippen LogP contribution is 2.29. The van der Waals surface area contributed by atoms with Crippen LogP contribution in [0.1, 0.15) is 0 Å². The molecule has 3 aromatic rings. The average Bonchev–Trinajstić information content (AvgIpc) is 2.80. The fourth-order valence-electron chi connectivity index (χ4n) is 2.74. The molecule has 0 aliphatic rings. The van der Waals surface area contributed by atoms with Gasteiger partial charge in [-0.1, -0.05) is 23.2 Å². The number of carbonyl (C=O) groups excluding carboxylic acids is 1. The zero-order valence-electron chi connectivity index (χ0n) is 17.6. The van der Waals surface area contributed by atoms with Gasteiger partial charge in [-0.2, -0.15) is 0 Å². The summed E-state index contributed by atoms with van der Waals surface area (Å²) >= 11 is 11.8. The lowest BCUT2D eigenvalue weighted by molar-refractivity contribution is -0.118. The molecular formula is C22H20Cl2N2O6S. The zero-order valence-corrected chi connectivity index (χ0v) is 19.9. The van der Waals surface area contributed by atoms with Crippen LogP contribution in [0.15, 0.2) is 65.6 Å². The number of halogens is 2. The molecular weight excluding hydrogens is 491 g/mol. The lowest BCUT2D eigenvalue weighted by Gasteiger charge is -2.12. The predicted octanol–water partition coefficient (Wildman–Crippen LogP) is 4.83. The lowest BCUT2D eigenvalue weighted by atomic mass is 10.2. The number of hydrogen-bond acceptors (Lipinski definition) is 6. The van der Waals surface area contributed by atoms with Crippen LogP contribution >= 0.6 is 23.2 Å². The summed E-state index contributed by atoms with van der Waals surface area (Å²) in [7, 11) is -0.858. The number of rotatable bonds is 9. The fourth-order valence-corrected chi connectivity index (χ4v) is 4.08. The van der Waals surface area contributed by atoms with Crippen LogP contribution in [0.2, 0.25) is 10.0 Å². The number of anilines is 2. The van der Waals surface area contributed by atoms with Crippen LogP contribution in [0.5, 0.6) is 17.2 Å². The van der Waals surface area contributed by atoms with Gasteiger partial charge < -0.3 is 19.5 Å². The summed E-state index contributed by atoms with van der Waals surface area (Å²) in [6.45, 7) is -0.298. The second-order valence-corrected chi connectivity index (χ2v) is 9.11. The highest BCUT2D eigenvalue weighted by molar-refractivity contribution is 7.92. The molecule has 3 rings (SSSR count). The molecule has 0 heterocycles. The van der Waals surface area contributed by atoms with Crippen molar-refractivity contribution in [1.29, 1.82) is 0 Å². The molecule has 0 aliphatic carbocycles. The van der Waals surface area contributed by atoms with E-state index in [2.05, 4.69) is 10.0 Å². The van der Waals surface area contributed by atoms with E-state index in [4.69, 9.17) is 37.4 Å². The van der Waals surface area contributed by atoms with Crippen molar-refractivity contribution < 1.29 is 27.4 Å². The Morgan fingerprint density at radius 3 is 2.21 bits per heavy atom. The molecule has 2 N–H and O–H groups in total. The predicted molar refractivity (Wildman–Crippen MR) is 127 cm³/mol. The molecule has 0 unspecified atom stereocenters. The summed E-state index contributed by atoms with van der Waals surface area (Å²) in [5, 5.41) is 3.22. The quantitative estimate of drug-likeness (QED) is 0.427. The average molecular weight is 511 g/mol. The SMILES string of the molecule is COc1ccc(OC)c(NC(=O)COc2ccc(S(=O)(=O)Nc3ccc(Cl)c(Cl)c3)cc2)c1. The van der Waals surface area contributed by atoms with Crippen LogP contribution < -0.4 is 24.2 Å². The molecule has 0 spiro atoms. The first kappa shape index (κ1) is 24.5. The van der Waals surface area contributed by atoms with Gasteiger partial charge in [0.15, 0.2) is 6.61 Å². The van der Waals surface area contributed by atoms with Gasteiger partial charge in [0.25, 0.3) is 15.9 Å². The van der Waals surface area contributed by atoms with Crippen LogP contribution in [0.25, 0.3) is 0 Å². The minimum atomic E-state index is -3.86. The standard InChI is InChI=1S/C22H20Cl2N2O6S/c1-30-16-6-10-21(31-2)20(12-16)25-22(27)13-32-15-4-7-17(8-5-15)33(28,29)26-14-3-9-18(23)19(24)11-14/h3-12,26H,13H2,1-2H3,(H,25,27). The highest BCUT2D eigenvalue weighted by atomic mass is 35.5. The number of amides is 1. The molecule has 0 radical (unpaired) electrons. The Kier molecular flexibility index (Phi) is 7.91. The van der Waals surface area contributed by atoms with Crippen molar-refractivity contribution in [2.75, 3.05) is 30.9 Å². The largest absolute Gasteiger partial charge is 0.497 e. The van der Waals surface area contributed by atoms with E-state index < -0.39 is 15.9 Å². The van der Waals surface area contributed by atoms with Crippen molar-refractivity contribution in [2.24, 2.45) is 0 Å². The molecule has 174 valence electrons. The van der Waals surface area contributed by atoms with Gasteiger partial charge in [0.05, 0.1) is 40.5 Å². The molecule has 0 atom stereocenters. The van der Waals surface area contributed by atoms with Gasteiger partial charge in [0.1, 0.15) is 17.2 Å². The van der Waals surface area contributed by atoms with E-state index in [0.717, 1.165) is 0 Å². The molecule has 0 aliphatic heterocycles. The number of nitrogens with one attached hydrogen (secondary N) is 2. The van der Waals surface area contributed by atoms with E-state index in [9.17, 15) is 13.2 Å². The van der Waals surface area contributed by atoms with E-state index >= 15 is 0 Å². The number of carbonyl (C=O) groups is 1. The third-order valence-corrected chi connectivity index (χ3v) is 6.49. The molecule has 33 heavy (non-hydrogen) atoms. The Bertz CT molecular complexity index is 1250. The van der Waals surface area contributed by atoms with Crippen molar-refractivity contribution in [3.8, 4) is 17.2 Å². The summed E-state index contributed by atoms with van der Waals surface area (Å²) in [6, 6.07) is 15.0. The van der Waals surface area contributed by atoms with Gasteiger partial charge in [-0.15, -0.1) is 0 Å². The minimum absolute atomic E-state index is 0.00601. The lowest BCUT2D eigenvalue weighted by Crippen LogP contribution is -2.20. The number of sulfonamides is 1. The van der Waals surface area contributed by atoms with Crippen LogP contribution in [-0.2, 0) is 14.8 Å². The maximum Gasteiger partial charge on any atom is 0.262 e. The van der Waals surface area contributed by atoms with Gasteiger partial charge in [-0.05, 0) is 54.6 Å². The zero-order chi connectivity index (χ0) is 24.0. The molecule has 1 amide bonds. The van der Waals surface area contributed by atoms with Gasteiger partial charge in [0, 0.05) is 6.07 Å². The van der Waals surface area contributed by atoms with E-state index in [0.29, 0.717) is 28.0 Å². The van der Waals surface area contributed by atoms with Gasteiger partial charge in [-0.3, -0.25) is 9.52 Å². The first-order valence-electron chi connectivity index (χ1n) is 9.44. The Labute approximate surface area is 201 Å². The Hall–Kier alpha value is -3.14. The second kappa shape index (κ2) is 10.7. The van der Waals surface area contributed by atoms with E-state index in [1.54, 1.807) is 18.2 Å².